The second-order valence-electron chi connectivity index (χ2n) is 13.8. The molecule has 22 nitrogen and oxygen atoms in total. The molecule has 62 heavy (non-hydrogen) atoms. The number of benzene rings is 2. The minimum Gasteiger partial charge on any atom is -0.481 e. The van der Waals surface area contributed by atoms with Crippen molar-refractivity contribution in [3.63, 3.8) is 0 Å². The molecule has 0 aliphatic heterocycles. The number of nitrogens with one attached hydrogen (secondary N) is 6. The van der Waals surface area contributed by atoms with Crippen molar-refractivity contribution >= 4 is 58.5 Å². The highest BCUT2D eigenvalue weighted by atomic mass is 16.5. The Hall–Kier alpha value is -6.91. The van der Waals surface area contributed by atoms with Crippen LogP contribution in [0.15, 0.2) is 63.8 Å². The van der Waals surface area contributed by atoms with E-state index in [2.05, 4.69) is 21.3 Å². The van der Waals surface area contributed by atoms with Crippen LogP contribution in [0.1, 0.15) is 50.2 Å². The van der Waals surface area contributed by atoms with Crippen molar-refractivity contribution in [2.45, 2.75) is 62.6 Å². The van der Waals surface area contributed by atoms with Gasteiger partial charge in [-0.05, 0) is 30.9 Å². The zero-order chi connectivity index (χ0) is 45.6. The molecule has 0 aliphatic rings. The minimum absolute atomic E-state index is 0.0391. The molecule has 2 unspecified atom stereocenters. The number of carboxylic acids is 2. The number of amides is 4. The van der Waals surface area contributed by atoms with Crippen LogP contribution in [0.4, 0.5) is 0 Å². The number of aliphatic hydroxyl groups is 1. The number of guanidine groups is 1. The van der Waals surface area contributed by atoms with Crippen molar-refractivity contribution in [2.24, 2.45) is 11.5 Å². The van der Waals surface area contributed by atoms with E-state index in [1.165, 1.54) is 6.07 Å². The summed E-state index contributed by atoms with van der Waals surface area (Å²) in [5.41, 5.74) is 12.4. The van der Waals surface area contributed by atoms with E-state index >= 15 is 0 Å². The highest BCUT2D eigenvalue weighted by Crippen LogP contribution is 2.30. The first-order chi connectivity index (χ1) is 29.6. The molecule has 1 heterocycles. The largest absolute Gasteiger partial charge is 0.481 e. The molecule has 3 aromatic rings. The van der Waals surface area contributed by atoms with Gasteiger partial charge in [-0.15, -0.1) is 0 Å². The Morgan fingerprint density at radius 3 is 2.21 bits per heavy atom. The highest BCUT2D eigenvalue weighted by Gasteiger charge is 2.29. The fourth-order valence-corrected chi connectivity index (χ4v) is 5.88. The number of aliphatic carboxylic acids is 2. The maximum Gasteiger partial charge on any atom is 0.328 e. The zero-order valence-corrected chi connectivity index (χ0v) is 33.7. The number of ether oxygens (including phenoxy) is 2. The number of aliphatic hydroxyl groups excluding tert-OH is 1. The maximum absolute atomic E-state index is 13.3. The molecular formula is C40H52N8O14. The van der Waals surface area contributed by atoms with Crippen molar-refractivity contribution in [3.05, 3.63) is 70.6 Å². The first kappa shape index (κ1) is 49.5. The van der Waals surface area contributed by atoms with Crippen LogP contribution in [-0.2, 0) is 43.0 Å². The molecule has 1 aromatic heterocycles. The molecule has 3 rings (SSSR count). The van der Waals surface area contributed by atoms with E-state index in [9.17, 15) is 48.6 Å². The molecule has 13 N–H and O–H groups in total. The molecule has 0 aliphatic carbocycles. The Bertz CT molecular complexity index is 2100. The van der Waals surface area contributed by atoms with Crippen LogP contribution in [0.25, 0.3) is 22.1 Å². The van der Waals surface area contributed by atoms with E-state index in [1.54, 1.807) is 12.1 Å². The quantitative estimate of drug-likeness (QED) is 0.0182. The summed E-state index contributed by atoms with van der Waals surface area (Å²) in [5, 5.41) is 46.4. The van der Waals surface area contributed by atoms with E-state index in [1.807, 2.05) is 41.7 Å². The Kier molecular flexibility index (Phi) is 20.5. The van der Waals surface area contributed by atoms with E-state index in [0.29, 0.717) is 16.5 Å². The summed E-state index contributed by atoms with van der Waals surface area (Å²) in [6.07, 6.45) is -1.38. The molecule has 336 valence electrons. The standard InChI is InChI=1S/C40H52N8O14/c41-14-17-60-16-13-24(31-19-30(50)26-9-4-8-25(36(26)62-31)23-6-2-1-3-7-23)22-61-35(55)12-11-32(51)46-27(10-5-15-44-40(42)43)37(56)45-20-33(52)47-28(18-34(53)54)38(57)48-29(21-49)39(58)59/h1-4,6-9,19,24,27-29,49H,5,10-18,20-22,41H2,(H,45,56)(H,46,51)(H,47,52)(H,48,57)(H,53,54)(H,58,59)(H4,42,43,44)/t24?,27-,28-,29?/m0/s1. The Morgan fingerprint density at radius 2 is 1.55 bits per heavy atom. The summed E-state index contributed by atoms with van der Waals surface area (Å²) in [4.78, 5) is 100. The number of hydrogen-bond acceptors (Lipinski definition) is 14. The normalized spacial score (nSPS) is 12.8. The number of hydrogen-bond donors (Lipinski definition) is 11. The van der Waals surface area contributed by atoms with Crippen LogP contribution in [0.2, 0.25) is 0 Å². The van der Waals surface area contributed by atoms with Crippen LogP contribution in [0, 0.1) is 5.41 Å². The van der Waals surface area contributed by atoms with Crippen molar-refractivity contribution < 1.29 is 62.8 Å². The fraction of sp³-hybridized carbons (Fsp3) is 0.425. The Morgan fingerprint density at radius 1 is 0.823 bits per heavy atom. The van der Waals surface area contributed by atoms with Crippen LogP contribution < -0.4 is 43.5 Å². The lowest BCUT2D eigenvalue weighted by atomic mass is 10.00. The van der Waals surface area contributed by atoms with Gasteiger partial charge in [-0.25, -0.2) is 4.79 Å². The monoisotopic (exact) mass is 868 g/mol. The number of esters is 1. The molecule has 0 radical (unpaired) electrons. The van der Waals surface area contributed by atoms with Gasteiger partial charge in [0, 0.05) is 37.7 Å². The number of carbonyl (C=O) groups is 7. The average Bonchev–Trinajstić information content (AvgIpc) is 3.24. The molecule has 22 heteroatoms. The van der Waals surface area contributed by atoms with Crippen molar-refractivity contribution in [1.29, 1.82) is 5.41 Å². The van der Waals surface area contributed by atoms with Gasteiger partial charge in [0.25, 0.3) is 0 Å². The van der Waals surface area contributed by atoms with Gasteiger partial charge in [0.15, 0.2) is 11.4 Å². The average molecular weight is 869 g/mol. The SMILES string of the molecule is N=C(N)NCCC[C@H](NC(=O)CCC(=O)OCC(CCOCCN)c1cc(=O)c2cccc(-c3ccccc3)c2o1)C(=O)NCC(=O)N[C@@H](CC(=O)O)C(=O)NC(CO)C(=O)O. The van der Waals surface area contributed by atoms with Crippen LogP contribution in [0.5, 0.6) is 0 Å². The Labute approximate surface area is 354 Å². The van der Waals surface area contributed by atoms with Crippen LogP contribution in [-0.4, -0.2) is 127 Å². The predicted octanol–water partition coefficient (Wildman–Crippen LogP) is -1.38. The third kappa shape index (κ3) is 16.6. The highest BCUT2D eigenvalue weighted by molar-refractivity contribution is 5.95. The first-order valence-electron chi connectivity index (χ1n) is 19.5. The molecule has 0 bridgehead atoms. The first-order valence-corrected chi connectivity index (χ1v) is 19.5. The predicted molar refractivity (Wildman–Crippen MR) is 220 cm³/mol. The summed E-state index contributed by atoms with van der Waals surface area (Å²) >= 11 is 0. The van der Waals surface area contributed by atoms with Gasteiger partial charge in [-0.2, -0.15) is 0 Å². The van der Waals surface area contributed by atoms with Gasteiger partial charge < -0.3 is 67.3 Å². The number of para-hydroxylation sites is 1. The molecule has 0 fully saturated rings. The van der Waals surface area contributed by atoms with Gasteiger partial charge in [0.2, 0.25) is 23.6 Å². The number of rotatable bonds is 27. The summed E-state index contributed by atoms with van der Waals surface area (Å²) in [7, 11) is 0. The van der Waals surface area contributed by atoms with E-state index in [4.69, 9.17) is 35.9 Å². The lowest BCUT2D eigenvalue weighted by Gasteiger charge is -2.21. The summed E-state index contributed by atoms with van der Waals surface area (Å²) < 4.78 is 17.4. The van der Waals surface area contributed by atoms with Crippen LogP contribution in [0.3, 0.4) is 0 Å². The van der Waals surface area contributed by atoms with Crippen molar-refractivity contribution in [3.8, 4) is 11.1 Å². The van der Waals surface area contributed by atoms with Crippen molar-refractivity contribution in [1.82, 2.24) is 26.6 Å². The lowest BCUT2D eigenvalue weighted by Crippen LogP contribution is -2.55. The summed E-state index contributed by atoms with van der Waals surface area (Å²) in [6.45, 7) is -1.18. The van der Waals surface area contributed by atoms with E-state index in [0.717, 1.165) is 5.56 Å². The number of carboxylic acid groups (broad SMARTS) is 2. The topological polar surface area (TPSA) is 365 Å². The molecule has 4 amide bonds. The third-order valence-electron chi connectivity index (χ3n) is 9.02. The van der Waals surface area contributed by atoms with Gasteiger partial charge in [0.1, 0.15) is 36.1 Å². The van der Waals surface area contributed by atoms with Gasteiger partial charge >= 0.3 is 17.9 Å². The molecule has 0 saturated heterocycles. The molecule has 0 saturated carbocycles. The third-order valence-corrected chi connectivity index (χ3v) is 9.02. The summed E-state index contributed by atoms with van der Waals surface area (Å²) in [5.74, 6) is -8.54. The molecular weight excluding hydrogens is 816 g/mol. The molecule has 2 aromatic carbocycles. The van der Waals surface area contributed by atoms with E-state index < -0.39 is 98.0 Å². The number of nitrogens with two attached hydrogens (primary N) is 2. The minimum atomic E-state index is -1.78. The second kappa shape index (κ2) is 25.7. The van der Waals surface area contributed by atoms with Crippen LogP contribution >= 0.6 is 0 Å². The maximum atomic E-state index is 13.3. The fourth-order valence-electron chi connectivity index (χ4n) is 5.88. The zero-order valence-electron chi connectivity index (χ0n) is 33.7. The Balaban J connectivity index is 1.65. The van der Waals surface area contributed by atoms with Gasteiger partial charge in [0.05, 0.1) is 43.9 Å². The van der Waals surface area contributed by atoms with Gasteiger partial charge in [-0.1, -0.05) is 42.5 Å². The van der Waals surface area contributed by atoms with Gasteiger partial charge in [-0.3, -0.25) is 39.0 Å². The molecule has 0 spiro atoms. The number of fused-ring (bicyclic) bond motifs is 1. The smallest absolute Gasteiger partial charge is 0.328 e. The molecule has 4 atom stereocenters. The second-order valence-corrected chi connectivity index (χ2v) is 13.8. The van der Waals surface area contributed by atoms with E-state index in [-0.39, 0.29) is 69.3 Å². The summed E-state index contributed by atoms with van der Waals surface area (Å²) in [6, 6.07) is 11.1. The van der Waals surface area contributed by atoms with Crippen molar-refractivity contribution in [2.75, 3.05) is 46.1 Å². The lowest BCUT2D eigenvalue weighted by molar-refractivity contribution is -0.146. The number of carbonyl (C=O) groups excluding carboxylic acids is 5.